The van der Waals surface area contributed by atoms with E-state index in [1.54, 1.807) is 12.3 Å². The molecule has 0 bridgehead atoms. The fourth-order valence-electron chi connectivity index (χ4n) is 4.04. The zero-order valence-electron chi connectivity index (χ0n) is 21.0. The van der Waals surface area contributed by atoms with Crippen molar-refractivity contribution in [2.45, 2.75) is 39.8 Å². The molecule has 1 N–H and O–H groups in total. The van der Waals surface area contributed by atoms with E-state index >= 15 is 0 Å². The summed E-state index contributed by atoms with van der Waals surface area (Å²) in [4.78, 5) is 29.2. The molecular formula is C30H30N2O4. The molecule has 36 heavy (non-hydrogen) atoms. The molecule has 0 saturated carbocycles. The lowest BCUT2D eigenvalue weighted by Gasteiger charge is -2.18. The van der Waals surface area contributed by atoms with E-state index < -0.39 is 11.6 Å². The van der Waals surface area contributed by atoms with Gasteiger partial charge in [0.25, 0.3) is 0 Å². The highest BCUT2D eigenvalue weighted by atomic mass is 16.5. The van der Waals surface area contributed by atoms with Crippen molar-refractivity contribution >= 4 is 28.9 Å². The molecule has 0 fully saturated rings. The van der Waals surface area contributed by atoms with Crippen molar-refractivity contribution in [2.75, 3.05) is 6.61 Å². The second-order valence-corrected chi connectivity index (χ2v) is 9.39. The Bertz CT molecular complexity index is 1430. The molecule has 2 heterocycles. The Hall–Kier alpha value is -4.03. The third-order valence-corrected chi connectivity index (χ3v) is 6.31. The predicted octanol–water partition coefficient (Wildman–Crippen LogP) is 5.83. The first-order valence-corrected chi connectivity index (χ1v) is 11.9. The van der Waals surface area contributed by atoms with Crippen molar-refractivity contribution in [1.29, 1.82) is 0 Å². The summed E-state index contributed by atoms with van der Waals surface area (Å²) in [5.74, 6) is -0.996. The van der Waals surface area contributed by atoms with Crippen molar-refractivity contribution in [3.8, 4) is 0 Å². The summed E-state index contributed by atoms with van der Waals surface area (Å²) in [7, 11) is 0. The van der Waals surface area contributed by atoms with Crippen molar-refractivity contribution in [3.05, 3.63) is 106 Å². The highest BCUT2D eigenvalue weighted by Gasteiger charge is 2.27. The Labute approximate surface area is 210 Å². The maximum absolute atomic E-state index is 13.4. The third kappa shape index (κ3) is 5.29. The smallest absolute Gasteiger partial charge is 0.335 e. The molecule has 184 valence electrons. The third-order valence-electron chi connectivity index (χ3n) is 6.31. The van der Waals surface area contributed by atoms with Crippen LogP contribution < -0.4 is 0 Å². The van der Waals surface area contributed by atoms with Gasteiger partial charge < -0.3 is 14.4 Å². The van der Waals surface area contributed by atoms with Crippen LogP contribution in [-0.4, -0.2) is 38.6 Å². The number of aromatic nitrogens is 2. The quantitative estimate of drug-likeness (QED) is 0.304. The Morgan fingerprint density at radius 1 is 1.03 bits per heavy atom. The molecule has 0 aliphatic carbocycles. The average Bonchev–Trinajstić information content (AvgIpc) is 3.14. The van der Waals surface area contributed by atoms with E-state index in [0.717, 1.165) is 33.4 Å². The lowest BCUT2D eigenvalue weighted by atomic mass is 10.0. The van der Waals surface area contributed by atoms with Crippen molar-refractivity contribution in [2.24, 2.45) is 0 Å². The molecule has 0 radical (unpaired) electrons. The lowest BCUT2D eigenvalue weighted by Crippen LogP contribution is -2.34. The number of carboxylic acids is 1. The van der Waals surface area contributed by atoms with E-state index in [1.807, 2.05) is 80.6 Å². The van der Waals surface area contributed by atoms with Crippen LogP contribution in [0, 0.1) is 13.8 Å². The molecule has 0 unspecified atom stereocenters. The molecule has 6 heteroatoms. The van der Waals surface area contributed by atoms with Gasteiger partial charge in [0.1, 0.15) is 5.65 Å². The number of nitrogens with zero attached hydrogens (tertiary/aromatic N) is 2. The van der Waals surface area contributed by atoms with Gasteiger partial charge in [-0.15, -0.1) is 0 Å². The zero-order chi connectivity index (χ0) is 25.9. The summed E-state index contributed by atoms with van der Waals surface area (Å²) in [5.41, 5.74) is 4.98. The number of carboxylic acid groups (broad SMARTS) is 1. The number of aryl methyl sites for hydroxylation is 1. The van der Waals surface area contributed by atoms with Gasteiger partial charge in [-0.1, -0.05) is 66.2 Å². The Balaban J connectivity index is 1.55. The maximum Gasteiger partial charge on any atom is 0.335 e. The summed E-state index contributed by atoms with van der Waals surface area (Å²) < 4.78 is 7.49. The van der Waals surface area contributed by atoms with Crippen molar-refractivity contribution in [1.82, 2.24) is 9.55 Å². The minimum absolute atomic E-state index is 0.00182. The van der Waals surface area contributed by atoms with Crippen molar-refractivity contribution in [3.63, 3.8) is 0 Å². The van der Waals surface area contributed by atoms with Crippen LogP contribution in [0.5, 0.6) is 0 Å². The van der Waals surface area contributed by atoms with E-state index in [2.05, 4.69) is 9.55 Å². The van der Waals surface area contributed by atoms with Gasteiger partial charge in [0.15, 0.2) is 11.4 Å². The minimum atomic E-state index is -1.22. The van der Waals surface area contributed by atoms with E-state index in [0.29, 0.717) is 17.7 Å². The number of carbonyl (C=O) groups excluding carboxylic acids is 1. The molecule has 2 aromatic heterocycles. The van der Waals surface area contributed by atoms with Crippen LogP contribution in [0.3, 0.4) is 0 Å². The first-order chi connectivity index (χ1) is 17.2. The van der Waals surface area contributed by atoms with Gasteiger partial charge in [-0.3, -0.25) is 4.79 Å². The second kappa shape index (κ2) is 10.3. The number of hydrogen-bond donors (Lipinski definition) is 1. The van der Waals surface area contributed by atoms with Crippen LogP contribution >= 0.6 is 0 Å². The van der Waals surface area contributed by atoms with Gasteiger partial charge in [-0.25, -0.2) is 9.78 Å². The first kappa shape index (κ1) is 25.1. The summed E-state index contributed by atoms with van der Waals surface area (Å²) in [6, 6.07) is 19.5. The average molecular weight is 483 g/mol. The summed E-state index contributed by atoms with van der Waals surface area (Å²) in [5, 5.41) is 9.97. The van der Waals surface area contributed by atoms with Gasteiger partial charge in [-0.2, -0.15) is 0 Å². The topological polar surface area (TPSA) is 81.4 Å². The monoisotopic (exact) mass is 482 g/mol. The molecule has 0 spiro atoms. The molecule has 4 aromatic rings. The van der Waals surface area contributed by atoms with Crippen LogP contribution in [-0.2, 0) is 16.1 Å². The van der Waals surface area contributed by atoms with Gasteiger partial charge in [-0.05, 0) is 51.0 Å². The Morgan fingerprint density at radius 3 is 2.39 bits per heavy atom. The lowest BCUT2D eigenvalue weighted by molar-refractivity contribution is -0.159. The van der Waals surface area contributed by atoms with Gasteiger partial charge >= 0.3 is 5.97 Å². The Morgan fingerprint density at radius 2 is 1.72 bits per heavy atom. The van der Waals surface area contributed by atoms with Gasteiger partial charge in [0.2, 0.25) is 0 Å². The van der Waals surface area contributed by atoms with E-state index in [9.17, 15) is 9.59 Å². The number of carbonyl (C=O) groups is 2. The molecule has 2 aromatic carbocycles. The SMILES string of the molecule is Cc1ccc(C(=O)c2c(C)n(Cc3ccc(/C=C/COC(C)(C)C(=O)O)cc3)c3ncccc23)cc1. The van der Waals surface area contributed by atoms with Gasteiger partial charge in [0.05, 0.1) is 12.2 Å². The number of hydrogen-bond acceptors (Lipinski definition) is 4. The summed E-state index contributed by atoms with van der Waals surface area (Å²) >= 11 is 0. The molecule has 0 amide bonds. The van der Waals surface area contributed by atoms with Crippen LogP contribution in [0.25, 0.3) is 17.1 Å². The maximum atomic E-state index is 13.4. The summed E-state index contributed by atoms with van der Waals surface area (Å²) in [6.07, 6.45) is 5.45. The van der Waals surface area contributed by atoms with Crippen LogP contribution in [0.2, 0.25) is 0 Å². The predicted molar refractivity (Wildman–Crippen MR) is 141 cm³/mol. The molecule has 0 aliphatic heterocycles. The number of pyridine rings is 1. The summed E-state index contributed by atoms with van der Waals surface area (Å²) in [6.45, 7) is 7.82. The fourth-order valence-corrected chi connectivity index (χ4v) is 4.04. The molecule has 0 aliphatic rings. The van der Waals surface area contributed by atoms with Crippen LogP contribution in [0.4, 0.5) is 0 Å². The second-order valence-electron chi connectivity index (χ2n) is 9.39. The number of ether oxygens (including phenoxy) is 1. The minimum Gasteiger partial charge on any atom is -0.479 e. The molecule has 4 rings (SSSR count). The highest BCUT2D eigenvalue weighted by Crippen LogP contribution is 2.28. The molecule has 6 nitrogen and oxygen atoms in total. The standard InChI is InChI=1S/C30H30N2O4/c1-20-9-15-24(16-10-20)27(33)26-21(2)32(28-25(26)8-5-17-31-28)19-23-13-11-22(12-14-23)7-6-18-36-30(3,4)29(34)35/h5-17H,18-19H2,1-4H3,(H,34,35)/b7-6+. The van der Waals surface area contributed by atoms with Crippen molar-refractivity contribution < 1.29 is 19.4 Å². The fraction of sp³-hybridized carbons (Fsp3) is 0.233. The zero-order valence-corrected chi connectivity index (χ0v) is 21.0. The number of aliphatic carboxylic acids is 1. The molecular weight excluding hydrogens is 452 g/mol. The number of fused-ring (bicyclic) bond motifs is 1. The normalized spacial score (nSPS) is 11.9. The number of rotatable bonds is 9. The first-order valence-electron chi connectivity index (χ1n) is 11.9. The number of benzene rings is 2. The van der Waals surface area contributed by atoms with E-state index in [-0.39, 0.29) is 12.4 Å². The molecule has 0 atom stereocenters. The van der Waals surface area contributed by atoms with Crippen LogP contribution in [0.15, 0.2) is 72.9 Å². The Kier molecular flexibility index (Phi) is 7.17. The van der Waals surface area contributed by atoms with E-state index in [4.69, 9.17) is 9.84 Å². The highest BCUT2D eigenvalue weighted by molar-refractivity contribution is 6.17. The largest absolute Gasteiger partial charge is 0.479 e. The number of ketones is 1. The van der Waals surface area contributed by atoms with E-state index in [1.165, 1.54) is 13.8 Å². The molecule has 0 saturated heterocycles. The van der Waals surface area contributed by atoms with Gasteiger partial charge in [0, 0.05) is 29.4 Å². The van der Waals surface area contributed by atoms with Crippen LogP contribution in [0.1, 0.15) is 52.2 Å².